The van der Waals surface area contributed by atoms with Gasteiger partial charge < -0.3 is 21.1 Å². The molecule has 1 aromatic heterocycles. The van der Waals surface area contributed by atoms with Crippen LogP contribution in [0.25, 0.3) is 0 Å². The lowest BCUT2D eigenvalue weighted by Gasteiger charge is -2.39. The molecule has 2 aromatic rings. The van der Waals surface area contributed by atoms with Crippen molar-refractivity contribution in [1.82, 2.24) is 16.0 Å². The molecule has 0 aliphatic heterocycles. The fourth-order valence-electron chi connectivity index (χ4n) is 4.97. The van der Waals surface area contributed by atoms with Gasteiger partial charge in [0.2, 0.25) is 0 Å². The molecular formula is C28H39N3O4S. The van der Waals surface area contributed by atoms with Crippen molar-refractivity contribution in [3.63, 3.8) is 0 Å². The number of aliphatic carboxylic acids is 1. The lowest BCUT2D eigenvalue weighted by atomic mass is 9.68. The van der Waals surface area contributed by atoms with E-state index in [9.17, 15) is 14.4 Å². The molecule has 7 nitrogen and oxygen atoms in total. The van der Waals surface area contributed by atoms with Crippen LogP contribution in [0.1, 0.15) is 79.7 Å². The number of urea groups is 1. The van der Waals surface area contributed by atoms with E-state index in [1.807, 2.05) is 23.6 Å². The first kappa shape index (κ1) is 27.7. The minimum atomic E-state index is -0.950. The highest BCUT2D eigenvalue weighted by Crippen LogP contribution is 2.43. The second-order valence-corrected chi connectivity index (χ2v) is 11.7. The van der Waals surface area contributed by atoms with E-state index in [0.29, 0.717) is 23.9 Å². The van der Waals surface area contributed by atoms with Gasteiger partial charge in [-0.05, 0) is 78.5 Å². The van der Waals surface area contributed by atoms with Crippen LogP contribution in [0.3, 0.4) is 0 Å². The van der Waals surface area contributed by atoms with E-state index in [2.05, 4.69) is 42.8 Å². The fourth-order valence-corrected chi connectivity index (χ4v) is 5.67. The zero-order valence-corrected chi connectivity index (χ0v) is 22.3. The average Bonchev–Trinajstić information content (AvgIpc) is 3.35. The van der Waals surface area contributed by atoms with Gasteiger partial charge in [0, 0.05) is 23.5 Å². The average molecular weight is 514 g/mol. The second kappa shape index (κ2) is 12.9. The molecule has 1 fully saturated rings. The van der Waals surface area contributed by atoms with Gasteiger partial charge in [0.05, 0.1) is 12.5 Å². The van der Waals surface area contributed by atoms with E-state index in [4.69, 9.17) is 5.11 Å². The number of carboxylic acid groups (broad SMARTS) is 1. The molecule has 0 radical (unpaired) electrons. The monoisotopic (exact) mass is 513 g/mol. The van der Waals surface area contributed by atoms with Gasteiger partial charge in [-0.25, -0.2) is 4.79 Å². The van der Waals surface area contributed by atoms with Crippen molar-refractivity contribution in [1.29, 1.82) is 0 Å². The number of hydrogen-bond acceptors (Lipinski definition) is 4. The Hall–Kier alpha value is -2.87. The Balaban J connectivity index is 1.66. The second-order valence-electron chi connectivity index (χ2n) is 10.7. The molecule has 0 saturated heterocycles. The summed E-state index contributed by atoms with van der Waals surface area (Å²) in [6, 6.07) is 11.1. The zero-order valence-electron chi connectivity index (χ0n) is 21.5. The van der Waals surface area contributed by atoms with Gasteiger partial charge in [0.1, 0.15) is 0 Å². The molecule has 8 heteroatoms. The Labute approximate surface area is 218 Å². The maximum absolute atomic E-state index is 12.8. The number of hydrogen-bond donors (Lipinski definition) is 4. The first-order valence-electron chi connectivity index (χ1n) is 12.8. The van der Waals surface area contributed by atoms with Gasteiger partial charge in [-0.15, -0.1) is 11.3 Å². The largest absolute Gasteiger partial charge is 0.481 e. The minimum absolute atomic E-state index is 0.0861. The van der Waals surface area contributed by atoms with Crippen LogP contribution in [-0.4, -0.2) is 36.1 Å². The molecule has 3 amide bonds. The van der Waals surface area contributed by atoms with Crippen LogP contribution in [0.4, 0.5) is 4.79 Å². The normalized spacial score (nSPS) is 18.8. The predicted molar refractivity (Wildman–Crippen MR) is 143 cm³/mol. The van der Waals surface area contributed by atoms with Gasteiger partial charge in [-0.2, -0.15) is 0 Å². The number of thiophene rings is 1. The molecule has 0 spiro atoms. The number of nitrogens with one attached hydrogen (secondary N) is 3. The minimum Gasteiger partial charge on any atom is -0.481 e. The summed E-state index contributed by atoms with van der Waals surface area (Å²) in [5.74, 6) is -0.258. The van der Waals surface area contributed by atoms with Crippen molar-refractivity contribution in [2.45, 2.75) is 65.3 Å². The molecular weight excluding hydrogens is 474 g/mol. The van der Waals surface area contributed by atoms with Crippen LogP contribution < -0.4 is 16.0 Å². The Morgan fingerprint density at radius 2 is 1.69 bits per heavy atom. The quantitative estimate of drug-likeness (QED) is 0.342. The third-order valence-electron chi connectivity index (χ3n) is 7.15. The maximum Gasteiger partial charge on any atom is 0.315 e. The summed E-state index contributed by atoms with van der Waals surface area (Å²) >= 11 is 1.69. The molecule has 1 aliphatic carbocycles. The van der Waals surface area contributed by atoms with Crippen LogP contribution in [0.2, 0.25) is 0 Å². The van der Waals surface area contributed by atoms with Gasteiger partial charge in [-0.1, -0.05) is 39.0 Å². The molecule has 196 valence electrons. The van der Waals surface area contributed by atoms with Crippen LogP contribution in [0.15, 0.2) is 41.8 Å². The number of benzene rings is 1. The number of carbonyl (C=O) groups is 3. The Kier molecular flexibility index (Phi) is 9.93. The molecule has 1 aliphatic rings. The molecule has 1 unspecified atom stereocenters. The highest BCUT2D eigenvalue weighted by Gasteiger charge is 2.34. The summed E-state index contributed by atoms with van der Waals surface area (Å²) in [5.41, 5.74) is 1.73. The van der Waals surface area contributed by atoms with Gasteiger partial charge in [-0.3, -0.25) is 9.59 Å². The van der Waals surface area contributed by atoms with Crippen LogP contribution >= 0.6 is 11.3 Å². The summed E-state index contributed by atoms with van der Waals surface area (Å²) in [7, 11) is 0. The van der Waals surface area contributed by atoms with Gasteiger partial charge in [0.15, 0.2) is 0 Å². The Morgan fingerprint density at radius 3 is 2.28 bits per heavy atom. The molecule has 36 heavy (non-hydrogen) atoms. The van der Waals surface area contributed by atoms with Gasteiger partial charge in [0.25, 0.3) is 5.91 Å². The summed E-state index contributed by atoms with van der Waals surface area (Å²) in [6.07, 6.45) is 5.04. The van der Waals surface area contributed by atoms with E-state index in [1.165, 1.54) is 4.88 Å². The zero-order chi connectivity index (χ0) is 26.1. The molecule has 1 saturated carbocycles. The Morgan fingerprint density at radius 1 is 1.00 bits per heavy atom. The summed E-state index contributed by atoms with van der Waals surface area (Å²) in [6.45, 7) is 7.56. The number of carboxylic acids is 1. The van der Waals surface area contributed by atoms with E-state index < -0.39 is 5.97 Å². The molecule has 4 N–H and O–H groups in total. The summed E-state index contributed by atoms with van der Waals surface area (Å²) in [4.78, 5) is 37.1. The molecule has 0 bridgehead atoms. The SMILES string of the molecule is CC(C)(C)C1CCC(C(NC(=O)NCCc2cccs2)c2ccc(C(=O)NCCC(=O)O)cc2)CC1. The van der Waals surface area contributed by atoms with E-state index >= 15 is 0 Å². The molecule has 3 rings (SSSR count). The third-order valence-corrected chi connectivity index (χ3v) is 8.08. The van der Waals surface area contributed by atoms with Crippen molar-refractivity contribution in [2.75, 3.05) is 13.1 Å². The van der Waals surface area contributed by atoms with Crippen LogP contribution in [0.5, 0.6) is 0 Å². The third kappa shape index (κ3) is 8.36. The van der Waals surface area contributed by atoms with Crippen molar-refractivity contribution in [2.24, 2.45) is 17.3 Å². The summed E-state index contributed by atoms with van der Waals surface area (Å²) in [5, 5.41) is 19.6. The Bertz CT molecular complexity index is 991. The maximum atomic E-state index is 12.8. The smallest absolute Gasteiger partial charge is 0.315 e. The number of carbonyl (C=O) groups excluding carboxylic acids is 2. The lowest BCUT2D eigenvalue weighted by Crippen LogP contribution is -2.42. The lowest BCUT2D eigenvalue weighted by molar-refractivity contribution is -0.136. The molecule has 1 heterocycles. The topological polar surface area (TPSA) is 108 Å². The number of amides is 3. The fraction of sp³-hybridized carbons (Fsp3) is 0.536. The molecule has 1 aromatic carbocycles. The molecule has 1 atom stereocenters. The predicted octanol–water partition coefficient (Wildman–Crippen LogP) is 5.39. The van der Waals surface area contributed by atoms with E-state index in [0.717, 1.165) is 37.7 Å². The number of rotatable bonds is 10. The first-order valence-corrected chi connectivity index (χ1v) is 13.7. The standard InChI is InChI=1S/C28H39N3O4S/c1-28(2,3)22-12-10-20(11-13-22)25(31-27(35)30-16-14-23-5-4-18-36-23)19-6-8-21(9-7-19)26(34)29-17-15-24(32)33/h4-9,18,20,22,25H,10-17H2,1-3H3,(H,29,34)(H,32,33)(H2,30,31,35). The van der Waals surface area contributed by atoms with Crippen molar-refractivity contribution in [3.05, 3.63) is 57.8 Å². The van der Waals surface area contributed by atoms with Crippen molar-refractivity contribution >= 4 is 29.2 Å². The first-order chi connectivity index (χ1) is 17.1. The van der Waals surface area contributed by atoms with E-state index in [-0.39, 0.29) is 36.4 Å². The van der Waals surface area contributed by atoms with Crippen molar-refractivity contribution < 1.29 is 19.5 Å². The van der Waals surface area contributed by atoms with Gasteiger partial charge >= 0.3 is 12.0 Å². The van der Waals surface area contributed by atoms with Crippen LogP contribution in [0, 0.1) is 17.3 Å². The summed E-state index contributed by atoms with van der Waals surface area (Å²) < 4.78 is 0. The highest BCUT2D eigenvalue weighted by atomic mass is 32.1. The van der Waals surface area contributed by atoms with E-state index in [1.54, 1.807) is 23.5 Å². The highest BCUT2D eigenvalue weighted by molar-refractivity contribution is 7.09. The van der Waals surface area contributed by atoms with Crippen LogP contribution in [-0.2, 0) is 11.2 Å². The van der Waals surface area contributed by atoms with Crippen molar-refractivity contribution in [3.8, 4) is 0 Å².